The van der Waals surface area contributed by atoms with Gasteiger partial charge in [-0.2, -0.15) is 0 Å². The molecule has 3 heterocycles. The summed E-state index contributed by atoms with van der Waals surface area (Å²) >= 11 is 0. The highest BCUT2D eigenvalue weighted by Gasteiger charge is 2.32. The van der Waals surface area contributed by atoms with E-state index in [1.54, 1.807) is 36.5 Å². The molecule has 7 nitrogen and oxygen atoms in total. The Morgan fingerprint density at radius 3 is 2.68 bits per heavy atom. The molecule has 1 aromatic carbocycles. The second-order valence-electron chi connectivity index (χ2n) is 6.01. The summed E-state index contributed by atoms with van der Waals surface area (Å²) in [6.07, 6.45) is 2.02. The highest BCUT2D eigenvalue weighted by molar-refractivity contribution is 7.91. The van der Waals surface area contributed by atoms with Crippen molar-refractivity contribution in [1.82, 2.24) is 9.97 Å². The number of hydrogen-bond donors (Lipinski definition) is 1. The number of rotatable bonds is 3. The molecule has 25 heavy (non-hydrogen) atoms. The molecule has 4 rings (SSSR count). The number of fused-ring (bicyclic) bond motifs is 1. The Kier molecular flexibility index (Phi) is 3.76. The SMILES string of the molecule is O=C(Nc1ccc(-c2nc3cccnc3o2)cc1)[C@H]1CCS(=O)(=O)C1. The third kappa shape index (κ3) is 3.25. The highest BCUT2D eigenvalue weighted by Crippen LogP contribution is 2.25. The molecule has 0 radical (unpaired) electrons. The van der Waals surface area contributed by atoms with Gasteiger partial charge in [0.2, 0.25) is 17.5 Å². The lowest BCUT2D eigenvalue weighted by Gasteiger charge is -2.09. The molecule has 0 bridgehead atoms. The van der Waals surface area contributed by atoms with Crippen molar-refractivity contribution >= 4 is 32.7 Å². The van der Waals surface area contributed by atoms with Crippen molar-refractivity contribution in [2.24, 2.45) is 5.92 Å². The minimum atomic E-state index is -3.08. The zero-order valence-corrected chi connectivity index (χ0v) is 14.0. The Labute approximate surface area is 144 Å². The van der Waals surface area contributed by atoms with E-state index < -0.39 is 15.8 Å². The lowest BCUT2D eigenvalue weighted by Crippen LogP contribution is -2.23. The molecule has 0 unspecified atom stereocenters. The van der Waals surface area contributed by atoms with Crippen LogP contribution in [-0.2, 0) is 14.6 Å². The number of oxazole rings is 1. The van der Waals surface area contributed by atoms with E-state index in [0.717, 1.165) is 5.56 Å². The summed E-state index contributed by atoms with van der Waals surface area (Å²) in [5.41, 5.74) is 2.52. The molecular weight excluding hydrogens is 342 g/mol. The second kappa shape index (κ2) is 5.96. The monoisotopic (exact) mass is 357 g/mol. The number of amides is 1. The maximum absolute atomic E-state index is 12.2. The summed E-state index contributed by atoms with van der Waals surface area (Å²) < 4.78 is 28.5. The number of benzene rings is 1. The van der Waals surface area contributed by atoms with E-state index in [0.29, 0.717) is 29.2 Å². The Morgan fingerprint density at radius 1 is 1.20 bits per heavy atom. The maximum atomic E-state index is 12.2. The van der Waals surface area contributed by atoms with Crippen molar-refractivity contribution in [2.45, 2.75) is 6.42 Å². The number of hydrogen-bond acceptors (Lipinski definition) is 6. The number of nitrogens with one attached hydrogen (secondary N) is 1. The molecule has 128 valence electrons. The molecule has 1 saturated heterocycles. The van der Waals surface area contributed by atoms with Crippen molar-refractivity contribution in [2.75, 3.05) is 16.8 Å². The summed E-state index contributed by atoms with van der Waals surface area (Å²) in [6, 6.07) is 10.6. The highest BCUT2D eigenvalue weighted by atomic mass is 32.2. The van der Waals surface area contributed by atoms with Crippen LogP contribution in [0.2, 0.25) is 0 Å². The second-order valence-corrected chi connectivity index (χ2v) is 8.24. The van der Waals surface area contributed by atoms with Gasteiger partial charge in [-0.05, 0) is 42.8 Å². The molecule has 1 fully saturated rings. The van der Waals surface area contributed by atoms with Gasteiger partial charge in [-0.3, -0.25) is 4.79 Å². The fourth-order valence-electron chi connectivity index (χ4n) is 2.84. The van der Waals surface area contributed by atoms with E-state index in [2.05, 4.69) is 15.3 Å². The van der Waals surface area contributed by atoms with Crippen LogP contribution in [0, 0.1) is 5.92 Å². The molecule has 3 aromatic rings. The molecule has 1 N–H and O–H groups in total. The smallest absolute Gasteiger partial charge is 0.247 e. The summed E-state index contributed by atoms with van der Waals surface area (Å²) in [5, 5.41) is 2.76. The number of carbonyl (C=O) groups is 1. The summed E-state index contributed by atoms with van der Waals surface area (Å²) in [4.78, 5) is 20.6. The molecule has 1 atom stereocenters. The molecule has 0 spiro atoms. The third-order valence-corrected chi connectivity index (χ3v) is 5.94. The van der Waals surface area contributed by atoms with E-state index in [1.165, 1.54) is 0 Å². The molecule has 8 heteroatoms. The number of anilines is 1. The normalized spacial score (nSPS) is 19.1. The quantitative estimate of drug-likeness (QED) is 0.771. The van der Waals surface area contributed by atoms with Crippen molar-refractivity contribution in [1.29, 1.82) is 0 Å². The lowest BCUT2D eigenvalue weighted by molar-refractivity contribution is -0.119. The van der Waals surface area contributed by atoms with E-state index in [9.17, 15) is 13.2 Å². The first kappa shape index (κ1) is 15.8. The first-order valence-corrected chi connectivity index (χ1v) is 9.66. The van der Waals surface area contributed by atoms with Crippen molar-refractivity contribution < 1.29 is 17.6 Å². The Morgan fingerprint density at radius 2 is 2.00 bits per heavy atom. The predicted molar refractivity (Wildman–Crippen MR) is 92.6 cm³/mol. The van der Waals surface area contributed by atoms with Crippen LogP contribution in [0.25, 0.3) is 22.7 Å². The fourth-order valence-corrected chi connectivity index (χ4v) is 4.58. The molecular formula is C17H15N3O4S. The van der Waals surface area contributed by atoms with Gasteiger partial charge in [-0.25, -0.2) is 18.4 Å². The van der Waals surface area contributed by atoms with Crippen molar-refractivity contribution in [3.8, 4) is 11.5 Å². The van der Waals surface area contributed by atoms with E-state index in [-0.39, 0.29) is 17.4 Å². The minimum Gasteiger partial charge on any atom is -0.418 e. The van der Waals surface area contributed by atoms with Gasteiger partial charge in [0, 0.05) is 17.4 Å². The standard InChI is InChI=1S/C17H15N3O4S/c21-15(12-7-9-25(22,23)10-12)19-13-5-3-11(4-6-13)16-20-14-2-1-8-18-17(14)24-16/h1-6,8,12H,7,9-10H2,(H,19,21)/t12-/m0/s1. The van der Waals surface area contributed by atoms with Gasteiger partial charge >= 0.3 is 0 Å². The van der Waals surface area contributed by atoms with Crippen LogP contribution >= 0.6 is 0 Å². The molecule has 1 aliphatic heterocycles. The van der Waals surface area contributed by atoms with Gasteiger partial charge in [0.25, 0.3) is 0 Å². The maximum Gasteiger partial charge on any atom is 0.247 e. The Balaban J connectivity index is 1.49. The average Bonchev–Trinajstić information content (AvgIpc) is 3.18. The molecule has 0 saturated carbocycles. The third-order valence-electron chi connectivity index (χ3n) is 4.17. The van der Waals surface area contributed by atoms with E-state index in [4.69, 9.17) is 4.42 Å². The van der Waals surface area contributed by atoms with Crippen LogP contribution < -0.4 is 5.32 Å². The molecule has 2 aromatic heterocycles. The molecule has 1 amide bonds. The largest absolute Gasteiger partial charge is 0.418 e. The van der Waals surface area contributed by atoms with Gasteiger partial charge < -0.3 is 9.73 Å². The zero-order valence-electron chi connectivity index (χ0n) is 13.2. The Bertz CT molecular complexity index is 1010. The van der Waals surface area contributed by atoms with Crippen LogP contribution in [0.3, 0.4) is 0 Å². The predicted octanol–water partition coefficient (Wildman–Crippen LogP) is 2.26. The van der Waals surface area contributed by atoms with Crippen LogP contribution in [0.1, 0.15) is 6.42 Å². The van der Waals surface area contributed by atoms with Gasteiger partial charge in [0.05, 0.1) is 17.4 Å². The van der Waals surface area contributed by atoms with E-state index in [1.807, 2.05) is 6.07 Å². The van der Waals surface area contributed by atoms with Crippen LogP contribution in [-0.4, -0.2) is 35.8 Å². The van der Waals surface area contributed by atoms with Gasteiger partial charge in [0.1, 0.15) is 5.52 Å². The van der Waals surface area contributed by atoms with Gasteiger partial charge in [0.15, 0.2) is 9.84 Å². The average molecular weight is 357 g/mol. The topological polar surface area (TPSA) is 102 Å². The van der Waals surface area contributed by atoms with Crippen molar-refractivity contribution in [3.05, 3.63) is 42.6 Å². The van der Waals surface area contributed by atoms with Crippen LogP contribution in [0.15, 0.2) is 47.0 Å². The van der Waals surface area contributed by atoms with Crippen LogP contribution in [0.5, 0.6) is 0 Å². The van der Waals surface area contributed by atoms with E-state index >= 15 is 0 Å². The Hall–Kier alpha value is -2.74. The summed E-state index contributed by atoms with van der Waals surface area (Å²) in [6.45, 7) is 0. The first-order valence-electron chi connectivity index (χ1n) is 7.83. The summed E-state index contributed by atoms with van der Waals surface area (Å²) in [7, 11) is -3.08. The minimum absolute atomic E-state index is 0.0766. The number of pyridine rings is 1. The van der Waals surface area contributed by atoms with Crippen molar-refractivity contribution in [3.63, 3.8) is 0 Å². The molecule has 1 aliphatic rings. The fraction of sp³-hybridized carbons (Fsp3) is 0.235. The first-order chi connectivity index (χ1) is 12.0. The number of aromatic nitrogens is 2. The molecule has 0 aliphatic carbocycles. The zero-order chi connectivity index (χ0) is 17.4. The number of nitrogens with zero attached hydrogens (tertiary/aromatic N) is 2. The number of sulfone groups is 1. The number of carbonyl (C=O) groups excluding carboxylic acids is 1. The van der Waals surface area contributed by atoms with Crippen LogP contribution in [0.4, 0.5) is 5.69 Å². The van der Waals surface area contributed by atoms with Gasteiger partial charge in [-0.1, -0.05) is 0 Å². The summed E-state index contributed by atoms with van der Waals surface area (Å²) in [5.74, 6) is -0.288. The lowest BCUT2D eigenvalue weighted by atomic mass is 10.1. The van der Waals surface area contributed by atoms with Gasteiger partial charge in [-0.15, -0.1) is 0 Å².